The molecule has 1 aliphatic carbocycles. The number of amides is 1. The minimum absolute atomic E-state index is 0.171. The number of hydrogen-bond donors (Lipinski definition) is 0. The van der Waals surface area contributed by atoms with Crippen molar-refractivity contribution in [2.24, 2.45) is 0 Å². The van der Waals surface area contributed by atoms with Gasteiger partial charge in [0.25, 0.3) is 0 Å². The third kappa shape index (κ3) is 2.74. The lowest BCUT2D eigenvalue weighted by Gasteiger charge is -2.37. The number of morpholine rings is 1. The molecule has 1 saturated carbocycles. The summed E-state index contributed by atoms with van der Waals surface area (Å²) in [7, 11) is 0. The fourth-order valence-corrected chi connectivity index (χ4v) is 3.13. The first-order valence-electron chi connectivity index (χ1n) is 6.75. The van der Waals surface area contributed by atoms with Crippen molar-refractivity contribution in [3.8, 4) is 0 Å². The molecule has 1 amide bonds. The molecule has 0 aromatic carbocycles. The second-order valence-electron chi connectivity index (χ2n) is 5.16. The van der Waals surface area contributed by atoms with Gasteiger partial charge in [0.1, 0.15) is 5.15 Å². The minimum Gasteiger partial charge on any atom is -0.374 e. The Morgan fingerprint density at radius 1 is 1.47 bits per heavy atom. The fraction of sp³-hybridized carbons (Fsp3) is 0.571. The van der Waals surface area contributed by atoms with Crippen LogP contribution in [0.5, 0.6) is 0 Å². The van der Waals surface area contributed by atoms with Crippen molar-refractivity contribution in [2.75, 3.05) is 13.2 Å². The van der Waals surface area contributed by atoms with Gasteiger partial charge in [-0.05, 0) is 30.9 Å². The first-order chi connectivity index (χ1) is 9.24. The number of pyridine rings is 1. The number of carbonyl (C=O) groups is 1. The zero-order valence-electron chi connectivity index (χ0n) is 10.7. The summed E-state index contributed by atoms with van der Waals surface area (Å²) in [5, 5.41) is 0.457. The van der Waals surface area contributed by atoms with Gasteiger partial charge in [0.2, 0.25) is 5.91 Å². The Morgan fingerprint density at radius 3 is 3.16 bits per heavy atom. The van der Waals surface area contributed by atoms with Gasteiger partial charge >= 0.3 is 0 Å². The van der Waals surface area contributed by atoms with E-state index in [0.717, 1.165) is 24.8 Å². The molecule has 3 rings (SSSR count). The summed E-state index contributed by atoms with van der Waals surface area (Å²) >= 11 is 5.75. The highest BCUT2D eigenvalue weighted by molar-refractivity contribution is 6.29. The predicted molar refractivity (Wildman–Crippen MR) is 72.0 cm³/mol. The van der Waals surface area contributed by atoms with Gasteiger partial charge in [-0.25, -0.2) is 4.98 Å². The van der Waals surface area contributed by atoms with Crippen molar-refractivity contribution < 1.29 is 9.53 Å². The Labute approximate surface area is 117 Å². The molecule has 2 heterocycles. The van der Waals surface area contributed by atoms with Gasteiger partial charge in [0.15, 0.2) is 0 Å². The number of nitrogens with zero attached hydrogens (tertiary/aromatic N) is 2. The number of rotatable bonds is 2. The number of hydrogen-bond acceptors (Lipinski definition) is 3. The number of carbonyl (C=O) groups excluding carboxylic acids is 1. The summed E-state index contributed by atoms with van der Waals surface area (Å²) in [6.45, 7) is 1.37. The van der Waals surface area contributed by atoms with Crippen LogP contribution in [-0.2, 0) is 16.0 Å². The first kappa shape index (κ1) is 12.9. The molecule has 0 radical (unpaired) electrons. The largest absolute Gasteiger partial charge is 0.374 e. The lowest BCUT2D eigenvalue weighted by atomic mass is 10.1. The van der Waals surface area contributed by atoms with Gasteiger partial charge in [0, 0.05) is 12.7 Å². The molecule has 19 heavy (non-hydrogen) atoms. The van der Waals surface area contributed by atoms with Crippen LogP contribution >= 0.6 is 11.6 Å². The van der Waals surface area contributed by atoms with Crippen LogP contribution in [0.1, 0.15) is 24.8 Å². The molecule has 1 aliphatic heterocycles. The zero-order valence-corrected chi connectivity index (χ0v) is 11.5. The standard InChI is InChI=1S/C14H17ClN2O2/c15-13-5-4-10(9-16-13)8-14(18)17-6-7-19-12-3-1-2-11(12)17/h4-5,9,11-12H,1-3,6-8H2/t11-,12-/m1/s1. The summed E-state index contributed by atoms with van der Waals surface area (Å²) in [4.78, 5) is 18.4. The highest BCUT2D eigenvalue weighted by Gasteiger charge is 2.38. The van der Waals surface area contributed by atoms with Crippen molar-refractivity contribution >= 4 is 17.5 Å². The van der Waals surface area contributed by atoms with E-state index in [1.54, 1.807) is 12.3 Å². The molecule has 102 valence electrons. The van der Waals surface area contributed by atoms with E-state index in [4.69, 9.17) is 16.3 Å². The van der Waals surface area contributed by atoms with E-state index in [1.807, 2.05) is 11.0 Å². The molecule has 2 atom stereocenters. The maximum absolute atomic E-state index is 12.4. The quantitative estimate of drug-likeness (QED) is 0.779. The van der Waals surface area contributed by atoms with Crippen molar-refractivity contribution in [2.45, 2.75) is 37.8 Å². The second kappa shape index (κ2) is 5.47. The Kier molecular flexibility index (Phi) is 3.71. The Morgan fingerprint density at radius 2 is 2.37 bits per heavy atom. The van der Waals surface area contributed by atoms with E-state index < -0.39 is 0 Å². The van der Waals surface area contributed by atoms with Gasteiger partial charge in [0.05, 0.1) is 25.2 Å². The molecular formula is C14H17ClN2O2. The van der Waals surface area contributed by atoms with E-state index in [0.29, 0.717) is 24.7 Å². The molecule has 1 aromatic heterocycles. The molecule has 1 aromatic rings. The van der Waals surface area contributed by atoms with Crippen LogP contribution in [0.4, 0.5) is 0 Å². The molecule has 4 nitrogen and oxygen atoms in total. The van der Waals surface area contributed by atoms with E-state index in [9.17, 15) is 4.79 Å². The molecule has 0 bridgehead atoms. The highest BCUT2D eigenvalue weighted by Crippen LogP contribution is 2.30. The van der Waals surface area contributed by atoms with E-state index in [2.05, 4.69) is 4.98 Å². The first-order valence-corrected chi connectivity index (χ1v) is 7.13. The second-order valence-corrected chi connectivity index (χ2v) is 5.55. The summed E-state index contributed by atoms with van der Waals surface area (Å²) in [6.07, 6.45) is 5.62. The summed E-state index contributed by atoms with van der Waals surface area (Å²) < 4.78 is 5.72. The van der Waals surface area contributed by atoms with Gasteiger partial charge in [-0.2, -0.15) is 0 Å². The molecule has 2 fully saturated rings. The molecular weight excluding hydrogens is 264 g/mol. The monoisotopic (exact) mass is 280 g/mol. The van der Waals surface area contributed by atoms with Gasteiger partial charge < -0.3 is 9.64 Å². The third-order valence-corrected chi connectivity index (χ3v) is 4.17. The van der Waals surface area contributed by atoms with E-state index in [1.165, 1.54) is 0 Å². The van der Waals surface area contributed by atoms with Crippen LogP contribution < -0.4 is 0 Å². The SMILES string of the molecule is O=C(Cc1ccc(Cl)nc1)N1CCO[C@@H]2CCC[C@H]21. The minimum atomic E-state index is 0.171. The maximum Gasteiger partial charge on any atom is 0.227 e. The van der Waals surface area contributed by atoms with Crippen LogP contribution in [0.3, 0.4) is 0 Å². The van der Waals surface area contributed by atoms with Crippen LogP contribution in [0, 0.1) is 0 Å². The Hall–Kier alpha value is -1.13. The predicted octanol–water partition coefficient (Wildman–Crippen LogP) is 2.06. The maximum atomic E-state index is 12.4. The summed E-state index contributed by atoms with van der Waals surface area (Å²) in [5.74, 6) is 0.171. The van der Waals surface area contributed by atoms with Gasteiger partial charge in [-0.1, -0.05) is 17.7 Å². The van der Waals surface area contributed by atoms with Crippen molar-refractivity contribution in [1.29, 1.82) is 0 Å². The Balaban J connectivity index is 1.67. The lowest BCUT2D eigenvalue weighted by Crippen LogP contribution is -2.51. The summed E-state index contributed by atoms with van der Waals surface area (Å²) in [5.41, 5.74) is 0.912. The normalized spacial score (nSPS) is 26.3. The molecule has 2 aliphatic rings. The van der Waals surface area contributed by atoms with Crippen LogP contribution in [0.2, 0.25) is 5.15 Å². The lowest BCUT2D eigenvalue weighted by molar-refractivity contribution is -0.143. The van der Waals surface area contributed by atoms with Crippen LogP contribution in [0.25, 0.3) is 0 Å². The average Bonchev–Trinajstić information content (AvgIpc) is 2.89. The molecule has 0 N–H and O–H groups in total. The van der Waals surface area contributed by atoms with Gasteiger partial charge in [-0.15, -0.1) is 0 Å². The van der Waals surface area contributed by atoms with Crippen molar-refractivity contribution in [1.82, 2.24) is 9.88 Å². The topological polar surface area (TPSA) is 42.4 Å². The molecule has 0 unspecified atom stereocenters. The van der Waals surface area contributed by atoms with Gasteiger partial charge in [-0.3, -0.25) is 4.79 Å². The van der Waals surface area contributed by atoms with Crippen LogP contribution in [-0.4, -0.2) is 41.1 Å². The number of fused-ring (bicyclic) bond motifs is 1. The van der Waals surface area contributed by atoms with Crippen molar-refractivity contribution in [3.63, 3.8) is 0 Å². The number of halogens is 1. The number of ether oxygens (including phenoxy) is 1. The van der Waals surface area contributed by atoms with E-state index in [-0.39, 0.29) is 18.1 Å². The molecule has 1 saturated heterocycles. The smallest absolute Gasteiger partial charge is 0.227 e. The zero-order chi connectivity index (χ0) is 13.2. The summed E-state index contributed by atoms with van der Waals surface area (Å²) in [6, 6.07) is 3.86. The average molecular weight is 281 g/mol. The van der Waals surface area contributed by atoms with Crippen molar-refractivity contribution in [3.05, 3.63) is 29.0 Å². The fourth-order valence-electron chi connectivity index (χ4n) is 3.02. The van der Waals surface area contributed by atoms with E-state index >= 15 is 0 Å². The van der Waals surface area contributed by atoms with Crippen LogP contribution in [0.15, 0.2) is 18.3 Å². The molecule has 5 heteroatoms. The number of aromatic nitrogens is 1. The third-order valence-electron chi connectivity index (χ3n) is 3.95. The highest BCUT2D eigenvalue weighted by atomic mass is 35.5. The Bertz CT molecular complexity index is 463. The molecule has 0 spiro atoms.